The zero-order valence-electron chi connectivity index (χ0n) is 17.2. The lowest BCUT2D eigenvalue weighted by Gasteiger charge is -2.46. The van der Waals surface area contributed by atoms with Crippen LogP contribution in [0.5, 0.6) is 0 Å². The van der Waals surface area contributed by atoms with Crippen molar-refractivity contribution in [3.8, 4) is 0 Å². The monoisotopic (exact) mass is 389 g/mol. The van der Waals surface area contributed by atoms with Gasteiger partial charge in [0.05, 0.1) is 18.2 Å². The van der Waals surface area contributed by atoms with Gasteiger partial charge in [-0.3, -0.25) is 0 Å². The van der Waals surface area contributed by atoms with E-state index in [1.165, 1.54) is 7.11 Å². The molecule has 2 aromatic rings. The number of amides is 1. The van der Waals surface area contributed by atoms with Crippen LogP contribution in [0.4, 0.5) is 10.8 Å². The van der Waals surface area contributed by atoms with E-state index in [2.05, 4.69) is 4.98 Å². The molecule has 0 bridgehead atoms. The SMILES string of the molecule is COC(=O)c1cccc2oc(N3CCN(C(=O)OC(C)(C)C)CC3(C)C)nc12. The number of nitrogens with zero attached hydrogens (tertiary/aromatic N) is 3. The van der Waals surface area contributed by atoms with E-state index in [1.807, 2.05) is 39.5 Å². The summed E-state index contributed by atoms with van der Waals surface area (Å²) in [6, 6.07) is 5.57. The highest BCUT2D eigenvalue weighted by molar-refractivity contribution is 6.01. The van der Waals surface area contributed by atoms with Crippen molar-refractivity contribution in [1.82, 2.24) is 9.88 Å². The predicted octanol–water partition coefficient (Wildman–Crippen LogP) is 3.45. The Morgan fingerprint density at radius 3 is 2.54 bits per heavy atom. The lowest BCUT2D eigenvalue weighted by Crippen LogP contribution is -2.61. The summed E-state index contributed by atoms with van der Waals surface area (Å²) in [7, 11) is 1.33. The van der Waals surface area contributed by atoms with Crippen LogP contribution in [0.3, 0.4) is 0 Å². The van der Waals surface area contributed by atoms with Crippen LogP contribution in [0.1, 0.15) is 45.0 Å². The third-order valence-electron chi connectivity index (χ3n) is 4.60. The van der Waals surface area contributed by atoms with Gasteiger partial charge in [0, 0.05) is 19.6 Å². The van der Waals surface area contributed by atoms with Crippen LogP contribution in [-0.2, 0) is 9.47 Å². The normalized spacial score (nSPS) is 16.9. The minimum atomic E-state index is -0.539. The Morgan fingerprint density at radius 1 is 1.21 bits per heavy atom. The molecule has 0 spiro atoms. The van der Waals surface area contributed by atoms with Crippen LogP contribution in [0.15, 0.2) is 22.6 Å². The number of hydrogen-bond donors (Lipinski definition) is 0. The summed E-state index contributed by atoms with van der Waals surface area (Å²) in [6.07, 6.45) is -0.328. The van der Waals surface area contributed by atoms with Crippen LogP contribution in [0.2, 0.25) is 0 Å². The molecule has 0 saturated carbocycles. The van der Waals surface area contributed by atoms with Gasteiger partial charge >= 0.3 is 12.1 Å². The van der Waals surface area contributed by atoms with Crippen molar-refractivity contribution in [2.24, 2.45) is 0 Å². The van der Waals surface area contributed by atoms with Crippen LogP contribution in [0.25, 0.3) is 11.1 Å². The van der Waals surface area contributed by atoms with Crippen molar-refractivity contribution in [2.75, 3.05) is 31.6 Å². The quantitative estimate of drug-likeness (QED) is 0.727. The van der Waals surface area contributed by atoms with E-state index in [4.69, 9.17) is 13.9 Å². The van der Waals surface area contributed by atoms with Gasteiger partial charge in [0.15, 0.2) is 5.58 Å². The van der Waals surface area contributed by atoms with Gasteiger partial charge in [-0.05, 0) is 46.8 Å². The Hall–Kier alpha value is -2.77. The maximum Gasteiger partial charge on any atom is 0.410 e. The number of carbonyl (C=O) groups is 2. The molecule has 8 nitrogen and oxygen atoms in total. The molecule has 0 N–H and O–H groups in total. The second-order valence-electron chi connectivity index (χ2n) is 8.51. The van der Waals surface area contributed by atoms with Crippen LogP contribution < -0.4 is 4.90 Å². The molecule has 1 aromatic heterocycles. The van der Waals surface area contributed by atoms with Gasteiger partial charge in [-0.25, -0.2) is 9.59 Å². The number of methoxy groups -OCH3 is 1. The molecule has 2 heterocycles. The van der Waals surface area contributed by atoms with Gasteiger partial charge in [0.1, 0.15) is 11.1 Å². The van der Waals surface area contributed by atoms with E-state index in [0.717, 1.165) is 0 Å². The van der Waals surface area contributed by atoms with Gasteiger partial charge in [0.25, 0.3) is 6.01 Å². The molecular weight excluding hydrogens is 362 g/mol. The van der Waals surface area contributed by atoms with Crippen molar-refractivity contribution in [3.63, 3.8) is 0 Å². The molecular formula is C20H27N3O5. The second-order valence-corrected chi connectivity index (χ2v) is 8.51. The highest BCUT2D eigenvalue weighted by Gasteiger charge is 2.39. The molecule has 3 rings (SSSR count). The first-order chi connectivity index (χ1) is 13.0. The number of anilines is 1. The van der Waals surface area contributed by atoms with Crippen molar-refractivity contribution < 1.29 is 23.5 Å². The summed E-state index contributed by atoms with van der Waals surface area (Å²) < 4.78 is 16.2. The maximum atomic E-state index is 12.4. The zero-order valence-corrected chi connectivity index (χ0v) is 17.2. The fourth-order valence-corrected chi connectivity index (χ4v) is 3.32. The van der Waals surface area contributed by atoms with Gasteiger partial charge in [-0.15, -0.1) is 0 Å². The van der Waals surface area contributed by atoms with E-state index in [1.54, 1.807) is 23.1 Å². The summed E-state index contributed by atoms with van der Waals surface area (Å²) in [6.45, 7) is 11.1. The molecule has 1 amide bonds. The fraction of sp³-hybridized carbons (Fsp3) is 0.550. The van der Waals surface area contributed by atoms with E-state index >= 15 is 0 Å². The standard InChI is InChI=1S/C20H27N3O5/c1-19(2,3)28-18(25)22-10-11-23(20(4,5)12-22)17-21-15-13(16(24)26-6)8-7-9-14(15)27-17/h7-9H,10-12H2,1-6H3. The number of fused-ring (bicyclic) bond motifs is 1. The Labute approximate surface area is 164 Å². The Bertz CT molecular complexity index is 897. The van der Waals surface area contributed by atoms with Crippen LogP contribution >= 0.6 is 0 Å². The number of oxazole rings is 1. The number of hydrogen-bond acceptors (Lipinski definition) is 7. The zero-order chi connectivity index (χ0) is 20.7. The number of benzene rings is 1. The average Bonchev–Trinajstić information content (AvgIpc) is 3.02. The van der Waals surface area contributed by atoms with E-state index in [9.17, 15) is 9.59 Å². The first-order valence-electron chi connectivity index (χ1n) is 9.25. The first-order valence-corrected chi connectivity index (χ1v) is 9.25. The molecule has 1 aliphatic rings. The number of ether oxygens (including phenoxy) is 2. The number of aromatic nitrogens is 1. The molecule has 28 heavy (non-hydrogen) atoms. The lowest BCUT2D eigenvalue weighted by molar-refractivity contribution is 0.0175. The molecule has 0 unspecified atom stereocenters. The fourth-order valence-electron chi connectivity index (χ4n) is 3.32. The summed E-state index contributed by atoms with van der Waals surface area (Å²) in [4.78, 5) is 32.7. The Balaban J connectivity index is 1.85. The van der Waals surface area contributed by atoms with Gasteiger partial charge in [0.2, 0.25) is 0 Å². The van der Waals surface area contributed by atoms with Crippen molar-refractivity contribution in [2.45, 2.75) is 45.8 Å². The molecule has 1 fully saturated rings. The second kappa shape index (κ2) is 7.00. The Morgan fingerprint density at radius 2 is 1.93 bits per heavy atom. The third kappa shape index (κ3) is 3.90. The van der Waals surface area contributed by atoms with Gasteiger partial charge < -0.3 is 23.7 Å². The smallest absolute Gasteiger partial charge is 0.410 e. The number of para-hydroxylation sites is 1. The largest absolute Gasteiger partial charge is 0.465 e. The van der Waals surface area contributed by atoms with Crippen molar-refractivity contribution in [1.29, 1.82) is 0 Å². The topological polar surface area (TPSA) is 85.1 Å². The highest BCUT2D eigenvalue weighted by atomic mass is 16.6. The van der Waals surface area contributed by atoms with E-state index < -0.39 is 17.1 Å². The molecule has 0 atom stereocenters. The van der Waals surface area contributed by atoms with Crippen molar-refractivity contribution >= 4 is 29.2 Å². The molecule has 0 aliphatic carbocycles. The van der Waals surface area contributed by atoms with E-state index in [-0.39, 0.29) is 6.09 Å². The molecule has 1 aromatic carbocycles. The molecule has 8 heteroatoms. The summed E-state index contributed by atoms with van der Waals surface area (Å²) in [5.41, 5.74) is 0.378. The summed E-state index contributed by atoms with van der Waals surface area (Å²) >= 11 is 0. The lowest BCUT2D eigenvalue weighted by atomic mass is 10.00. The summed E-state index contributed by atoms with van der Waals surface area (Å²) in [5.74, 6) is -0.459. The molecule has 1 aliphatic heterocycles. The van der Waals surface area contributed by atoms with Crippen molar-refractivity contribution in [3.05, 3.63) is 23.8 Å². The van der Waals surface area contributed by atoms with E-state index in [0.29, 0.717) is 42.3 Å². The maximum absolute atomic E-state index is 12.4. The Kier molecular flexibility index (Phi) is 4.99. The number of piperazine rings is 1. The highest BCUT2D eigenvalue weighted by Crippen LogP contribution is 2.32. The number of carbonyl (C=O) groups excluding carboxylic acids is 2. The molecule has 0 radical (unpaired) electrons. The average molecular weight is 389 g/mol. The van der Waals surface area contributed by atoms with Gasteiger partial charge in [-0.2, -0.15) is 4.98 Å². The number of rotatable bonds is 2. The third-order valence-corrected chi connectivity index (χ3v) is 4.60. The summed E-state index contributed by atoms with van der Waals surface area (Å²) in [5, 5.41) is 0. The van der Waals surface area contributed by atoms with Gasteiger partial charge in [-0.1, -0.05) is 6.07 Å². The number of esters is 1. The van der Waals surface area contributed by atoms with Crippen LogP contribution in [0, 0.1) is 0 Å². The minimum Gasteiger partial charge on any atom is -0.465 e. The first kappa shape index (κ1) is 20.0. The predicted molar refractivity (Wildman–Crippen MR) is 105 cm³/mol. The molecule has 152 valence electrons. The molecule has 1 saturated heterocycles. The minimum absolute atomic E-state index is 0.328. The van der Waals surface area contributed by atoms with Crippen LogP contribution in [-0.4, -0.2) is 59.8 Å².